The van der Waals surface area contributed by atoms with Crippen LogP contribution in [0.15, 0.2) is 41.3 Å². The number of rotatable bonds is 6. The number of amides is 1. The lowest BCUT2D eigenvalue weighted by molar-refractivity contribution is -0.157. The Morgan fingerprint density at radius 2 is 1.71 bits per heavy atom. The summed E-state index contributed by atoms with van der Waals surface area (Å²) in [4.78, 5) is 25.8. The number of hydrogen-bond donors (Lipinski definition) is 0. The summed E-state index contributed by atoms with van der Waals surface area (Å²) in [6, 6.07) is 9.20. The fourth-order valence-electron chi connectivity index (χ4n) is 2.88. The molecule has 0 aromatic heterocycles. The van der Waals surface area contributed by atoms with Crippen molar-refractivity contribution >= 4 is 33.3 Å². The van der Waals surface area contributed by atoms with Crippen molar-refractivity contribution < 1.29 is 27.5 Å². The zero-order valence-corrected chi connectivity index (χ0v) is 22.5. The highest BCUT2D eigenvalue weighted by molar-refractivity contribution is 7.92. The molecule has 188 valence electrons. The van der Waals surface area contributed by atoms with E-state index in [0.29, 0.717) is 21.9 Å². The Morgan fingerprint density at radius 3 is 2.29 bits per heavy atom. The van der Waals surface area contributed by atoms with Crippen molar-refractivity contribution in [3.63, 3.8) is 0 Å². The predicted octanol–water partition coefficient (Wildman–Crippen LogP) is 4.34. The highest BCUT2D eigenvalue weighted by Gasteiger charge is 2.26. The van der Waals surface area contributed by atoms with Crippen molar-refractivity contribution in [2.45, 2.75) is 50.4 Å². The standard InChI is InChI=1S/C26H30ClNO6S/c1-17(2)35(31,32)23-14-18(9-12-21(23)25(30)28(6)7)8-10-19-15-20(27)11-13-22(19)33-16-24(29)34-26(3,4)5/h9,11-15,17H,16H2,1-7H3. The molecule has 0 aliphatic heterocycles. The maximum Gasteiger partial charge on any atom is 0.344 e. The largest absolute Gasteiger partial charge is 0.481 e. The third kappa shape index (κ3) is 7.74. The maximum atomic E-state index is 13.0. The van der Waals surface area contributed by atoms with Crippen LogP contribution in [-0.2, 0) is 19.4 Å². The molecule has 2 rings (SSSR count). The molecule has 0 atom stereocenters. The Balaban J connectivity index is 2.45. The quantitative estimate of drug-likeness (QED) is 0.416. The second kappa shape index (κ2) is 11.1. The summed E-state index contributed by atoms with van der Waals surface area (Å²) in [6.45, 7) is 8.07. The van der Waals surface area contributed by atoms with Crippen LogP contribution in [0.4, 0.5) is 0 Å². The molecule has 0 fully saturated rings. The van der Waals surface area contributed by atoms with Gasteiger partial charge in [-0.25, -0.2) is 13.2 Å². The van der Waals surface area contributed by atoms with Crippen molar-refractivity contribution in [1.29, 1.82) is 0 Å². The van der Waals surface area contributed by atoms with Crippen LogP contribution < -0.4 is 4.74 Å². The number of hydrogen-bond acceptors (Lipinski definition) is 6. The van der Waals surface area contributed by atoms with E-state index < -0.39 is 32.6 Å². The monoisotopic (exact) mass is 519 g/mol. The first-order chi connectivity index (χ1) is 16.1. The molecule has 0 radical (unpaired) electrons. The van der Waals surface area contributed by atoms with E-state index in [2.05, 4.69) is 11.8 Å². The van der Waals surface area contributed by atoms with Crippen molar-refractivity contribution in [3.8, 4) is 17.6 Å². The Bertz CT molecular complexity index is 1280. The van der Waals surface area contributed by atoms with Gasteiger partial charge in [0.25, 0.3) is 5.91 Å². The van der Waals surface area contributed by atoms with Crippen LogP contribution in [0.1, 0.15) is 56.1 Å². The van der Waals surface area contributed by atoms with E-state index in [1.807, 2.05) is 0 Å². The molecule has 0 N–H and O–H groups in total. The summed E-state index contributed by atoms with van der Waals surface area (Å²) >= 11 is 6.12. The average molecular weight is 520 g/mol. The summed E-state index contributed by atoms with van der Waals surface area (Å²) in [5.74, 6) is 5.20. The van der Waals surface area contributed by atoms with Gasteiger partial charge in [0, 0.05) is 24.7 Å². The van der Waals surface area contributed by atoms with Crippen molar-refractivity contribution in [2.24, 2.45) is 0 Å². The first kappa shape index (κ1) is 28.2. The van der Waals surface area contributed by atoms with Gasteiger partial charge >= 0.3 is 5.97 Å². The molecular formula is C26H30ClNO6S. The summed E-state index contributed by atoms with van der Waals surface area (Å²) in [5, 5.41) is -0.311. The molecule has 2 aromatic rings. The summed E-state index contributed by atoms with van der Waals surface area (Å²) in [5.41, 5.74) is 0.232. The molecule has 0 aliphatic rings. The topological polar surface area (TPSA) is 90.0 Å². The molecule has 0 saturated carbocycles. The lowest BCUT2D eigenvalue weighted by atomic mass is 10.1. The highest BCUT2D eigenvalue weighted by Crippen LogP contribution is 2.25. The summed E-state index contributed by atoms with van der Waals surface area (Å²) in [7, 11) is -0.641. The minimum Gasteiger partial charge on any atom is -0.481 e. The van der Waals surface area contributed by atoms with Gasteiger partial charge in [-0.2, -0.15) is 0 Å². The first-order valence-corrected chi connectivity index (χ1v) is 12.8. The molecule has 0 spiro atoms. The Labute approximate surface area is 212 Å². The minimum absolute atomic E-state index is 0.0782. The number of esters is 1. The number of carbonyl (C=O) groups is 2. The van der Waals surface area contributed by atoms with Crippen LogP contribution >= 0.6 is 11.6 Å². The molecule has 0 aliphatic carbocycles. The normalized spacial score (nSPS) is 11.5. The smallest absolute Gasteiger partial charge is 0.344 e. The number of carbonyl (C=O) groups excluding carboxylic acids is 2. The Kier molecular flexibility index (Phi) is 8.99. The zero-order valence-electron chi connectivity index (χ0n) is 20.9. The molecular weight excluding hydrogens is 490 g/mol. The molecule has 2 aromatic carbocycles. The predicted molar refractivity (Wildman–Crippen MR) is 136 cm³/mol. The highest BCUT2D eigenvalue weighted by atomic mass is 35.5. The van der Waals surface area contributed by atoms with Crippen LogP contribution in [0.25, 0.3) is 0 Å². The number of sulfone groups is 1. The SMILES string of the molecule is CC(C)S(=O)(=O)c1cc(C#Cc2cc(Cl)ccc2OCC(=O)OC(C)(C)C)ccc1C(=O)N(C)C. The average Bonchev–Trinajstić information content (AvgIpc) is 2.74. The van der Waals surface area contributed by atoms with E-state index in [-0.39, 0.29) is 17.1 Å². The third-order valence-electron chi connectivity index (χ3n) is 4.59. The molecule has 0 heterocycles. The second-order valence-corrected chi connectivity index (χ2v) is 12.2. The van der Waals surface area contributed by atoms with E-state index >= 15 is 0 Å². The van der Waals surface area contributed by atoms with Gasteiger partial charge in [0.05, 0.1) is 21.3 Å². The van der Waals surface area contributed by atoms with E-state index in [0.717, 1.165) is 0 Å². The van der Waals surface area contributed by atoms with Gasteiger partial charge < -0.3 is 14.4 Å². The second-order valence-electron chi connectivity index (χ2n) is 9.27. The van der Waals surface area contributed by atoms with E-state index in [1.54, 1.807) is 73.0 Å². The number of nitrogens with zero attached hydrogens (tertiary/aromatic N) is 1. The first-order valence-electron chi connectivity index (χ1n) is 10.9. The van der Waals surface area contributed by atoms with Gasteiger partial charge in [0.15, 0.2) is 16.4 Å². The molecule has 35 heavy (non-hydrogen) atoms. The number of benzene rings is 2. The number of halogens is 1. The lowest BCUT2D eigenvalue weighted by Gasteiger charge is -2.19. The van der Waals surface area contributed by atoms with E-state index in [1.165, 1.54) is 17.0 Å². The van der Waals surface area contributed by atoms with Gasteiger partial charge in [-0.3, -0.25) is 4.79 Å². The third-order valence-corrected chi connectivity index (χ3v) is 7.02. The van der Waals surface area contributed by atoms with Crippen LogP contribution in [-0.4, -0.2) is 56.7 Å². The molecule has 0 unspecified atom stereocenters. The van der Waals surface area contributed by atoms with E-state index in [4.69, 9.17) is 21.1 Å². The summed E-state index contributed by atoms with van der Waals surface area (Å²) < 4.78 is 36.7. The minimum atomic E-state index is -3.75. The van der Waals surface area contributed by atoms with Crippen molar-refractivity contribution in [1.82, 2.24) is 4.90 Å². The molecule has 0 bridgehead atoms. The van der Waals surface area contributed by atoms with Gasteiger partial charge in [-0.15, -0.1) is 0 Å². The number of ether oxygens (including phenoxy) is 2. The van der Waals surface area contributed by atoms with Gasteiger partial charge in [-0.05, 0) is 71.0 Å². The lowest BCUT2D eigenvalue weighted by Crippen LogP contribution is -2.27. The fraction of sp³-hybridized carbons (Fsp3) is 0.385. The van der Waals surface area contributed by atoms with Crippen LogP contribution in [0.5, 0.6) is 5.75 Å². The zero-order chi connectivity index (χ0) is 26.6. The summed E-state index contributed by atoms with van der Waals surface area (Å²) in [6.07, 6.45) is 0. The van der Waals surface area contributed by atoms with E-state index in [9.17, 15) is 18.0 Å². The van der Waals surface area contributed by atoms with Crippen LogP contribution in [0, 0.1) is 11.8 Å². The maximum absolute atomic E-state index is 13.0. The van der Waals surface area contributed by atoms with Gasteiger partial charge in [0.1, 0.15) is 11.4 Å². The van der Waals surface area contributed by atoms with Gasteiger partial charge in [0.2, 0.25) is 0 Å². The molecule has 0 saturated heterocycles. The van der Waals surface area contributed by atoms with Gasteiger partial charge in [-0.1, -0.05) is 23.4 Å². The van der Waals surface area contributed by atoms with Crippen LogP contribution in [0.3, 0.4) is 0 Å². The Hall–Kier alpha value is -3.02. The Morgan fingerprint density at radius 1 is 1.06 bits per heavy atom. The van der Waals surface area contributed by atoms with Crippen molar-refractivity contribution in [2.75, 3.05) is 20.7 Å². The van der Waals surface area contributed by atoms with Crippen LogP contribution in [0.2, 0.25) is 5.02 Å². The van der Waals surface area contributed by atoms with Crippen molar-refractivity contribution in [3.05, 3.63) is 58.1 Å². The molecule has 1 amide bonds. The molecule has 9 heteroatoms. The fourth-order valence-corrected chi connectivity index (χ4v) is 4.31. The molecule has 7 nitrogen and oxygen atoms in total.